The molecule has 0 heterocycles. The molecule has 13 aromatic carbocycles. The van der Waals surface area contributed by atoms with E-state index < -0.39 is 0 Å². The van der Waals surface area contributed by atoms with E-state index in [4.69, 9.17) is 0 Å². The van der Waals surface area contributed by atoms with Crippen molar-refractivity contribution < 1.29 is 0 Å². The van der Waals surface area contributed by atoms with E-state index in [1.807, 2.05) is 0 Å². The molecular weight excluding hydrogens is 893 g/mol. The molecule has 74 heavy (non-hydrogen) atoms. The lowest BCUT2D eigenvalue weighted by molar-refractivity contribution is 0.866. The van der Waals surface area contributed by atoms with Crippen LogP contribution in [-0.4, -0.2) is 0 Å². The highest BCUT2D eigenvalue weighted by atomic mass is 15.1. The topological polar surface area (TPSA) is 6.48 Å². The van der Waals surface area contributed by atoms with Gasteiger partial charge in [0.25, 0.3) is 0 Å². The van der Waals surface area contributed by atoms with Gasteiger partial charge in [0.1, 0.15) is 0 Å². The number of hydrogen-bond donors (Lipinski definition) is 0. The van der Waals surface area contributed by atoms with Crippen LogP contribution in [0.1, 0.15) is 72.9 Å². The average molecular weight is 953 g/mol. The van der Waals surface area contributed by atoms with Crippen molar-refractivity contribution in [1.29, 1.82) is 0 Å². The summed E-state index contributed by atoms with van der Waals surface area (Å²) in [6.45, 7) is 17.9. The number of hydrogen-bond acceptors (Lipinski definition) is 2. The number of aryl methyl sites for hydroxylation is 4. The maximum Gasteiger partial charge on any atom is 0.0540 e. The molecule has 2 nitrogen and oxygen atoms in total. The molecule has 0 unspecified atom stereocenters. The van der Waals surface area contributed by atoms with Crippen LogP contribution < -0.4 is 9.80 Å². The fraction of sp³-hybridized carbons (Fsp3) is 0.139. The van der Waals surface area contributed by atoms with Crippen LogP contribution in [0.2, 0.25) is 0 Å². The summed E-state index contributed by atoms with van der Waals surface area (Å²) >= 11 is 0. The first-order valence-corrected chi connectivity index (χ1v) is 26.5. The predicted octanol–water partition coefficient (Wildman–Crippen LogP) is 21.2. The molecular formula is C72H60N2. The van der Waals surface area contributed by atoms with Crippen molar-refractivity contribution in [2.24, 2.45) is 0 Å². The first-order valence-electron chi connectivity index (χ1n) is 26.5. The second-order valence-electron chi connectivity index (χ2n) is 21.4. The highest BCUT2D eigenvalue weighted by Crippen LogP contribution is 2.58. The monoisotopic (exact) mass is 952 g/mol. The van der Waals surface area contributed by atoms with E-state index in [1.165, 1.54) is 132 Å². The Kier molecular flexibility index (Phi) is 10.8. The second-order valence-corrected chi connectivity index (χ2v) is 21.4. The molecule has 0 bridgehead atoms. The molecule has 358 valence electrons. The van der Waals surface area contributed by atoms with E-state index in [0.29, 0.717) is 11.8 Å². The fourth-order valence-electron chi connectivity index (χ4n) is 12.2. The first-order chi connectivity index (χ1) is 36.0. The van der Waals surface area contributed by atoms with Crippen LogP contribution in [0.4, 0.5) is 34.1 Å². The summed E-state index contributed by atoms with van der Waals surface area (Å²) in [7, 11) is 0. The smallest absolute Gasteiger partial charge is 0.0540 e. The summed E-state index contributed by atoms with van der Waals surface area (Å²) in [6.07, 6.45) is 0. The highest BCUT2D eigenvalue weighted by Gasteiger charge is 2.30. The minimum absolute atomic E-state index is 0.444. The van der Waals surface area contributed by atoms with Gasteiger partial charge in [0.2, 0.25) is 0 Å². The average Bonchev–Trinajstić information content (AvgIpc) is 3.97. The maximum atomic E-state index is 2.48. The van der Waals surface area contributed by atoms with Crippen LogP contribution in [0, 0.1) is 27.7 Å². The van der Waals surface area contributed by atoms with E-state index in [-0.39, 0.29) is 0 Å². The lowest BCUT2D eigenvalue weighted by Gasteiger charge is -2.28. The Morgan fingerprint density at radius 3 is 0.959 bits per heavy atom. The maximum absolute atomic E-state index is 2.48. The molecule has 13 aromatic rings. The zero-order valence-corrected chi connectivity index (χ0v) is 43.7. The van der Waals surface area contributed by atoms with Gasteiger partial charge in [-0.3, -0.25) is 0 Å². The van der Waals surface area contributed by atoms with Crippen molar-refractivity contribution in [2.45, 2.75) is 67.2 Å². The van der Waals surface area contributed by atoms with E-state index in [0.717, 1.165) is 22.7 Å². The summed E-state index contributed by atoms with van der Waals surface area (Å²) in [5.74, 6) is 0.889. The summed E-state index contributed by atoms with van der Waals surface area (Å²) in [5, 5.41) is 15.4. The zero-order valence-electron chi connectivity index (χ0n) is 43.7. The van der Waals surface area contributed by atoms with Crippen LogP contribution in [0.25, 0.3) is 86.9 Å². The Morgan fingerprint density at radius 2 is 0.608 bits per heavy atom. The standard InChI is InChI=1S/C72H60N2/c1-43(2)49-27-33-53(34-28-49)73(55-31-25-45(5)47(7)41-55)63-39-37-61-67-57(63)21-15-23-59(67)69-65(51-17-11-9-12-18-51)72-62-38-40-64(74(56-32-26-46(6)48(8)42-56)54-35-29-50(30-36-54)44(3)4)58-22-16-24-60(68(58)62)70(72)66(71(61)69)52-19-13-10-14-20-52/h9-44H,1-8H3. The van der Waals surface area contributed by atoms with Crippen molar-refractivity contribution >= 4 is 98.8 Å². The minimum atomic E-state index is 0.444. The van der Waals surface area contributed by atoms with Crippen LogP contribution in [0.15, 0.2) is 206 Å². The third kappa shape index (κ3) is 7.07. The number of anilines is 6. The third-order valence-corrected chi connectivity index (χ3v) is 16.4. The van der Waals surface area contributed by atoms with Crippen LogP contribution in [0.5, 0.6) is 0 Å². The number of rotatable bonds is 10. The Balaban J connectivity index is 1.16. The van der Waals surface area contributed by atoms with E-state index >= 15 is 0 Å². The largest absolute Gasteiger partial charge is 0.310 e. The summed E-state index contributed by atoms with van der Waals surface area (Å²) in [4.78, 5) is 4.96. The molecule has 0 N–H and O–H groups in total. The molecule has 0 saturated heterocycles. The molecule has 0 atom stereocenters. The van der Waals surface area contributed by atoms with Crippen LogP contribution in [-0.2, 0) is 0 Å². The predicted molar refractivity (Wildman–Crippen MR) is 321 cm³/mol. The zero-order chi connectivity index (χ0) is 50.5. The minimum Gasteiger partial charge on any atom is -0.310 e. The molecule has 0 aliphatic heterocycles. The van der Waals surface area contributed by atoms with E-state index in [2.05, 4.69) is 271 Å². The summed E-state index contributed by atoms with van der Waals surface area (Å²) in [5.41, 5.74) is 19.8. The Morgan fingerprint density at radius 1 is 0.270 bits per heavy atom. The lowest BCUT2D eigenvalue weighted by atomic mass is 9.87. The van der Waals surface area contributed by atoms with Crippen LogP contribution in [0.3, 0.4) is 0 Å². The van der Waals surface area contributed by atoms with E-state index in [9.17, 15) is 0 Å². The highest BCUT2D eigenvalue weighted by molar-refractivity contribution is 6.47. The van der Waals surface area contributed by atoms with Crippen LogP contribution >= 0.6 is 0 Å². The number of benzene rings is 11. The van der Waals surface area contributed by atoms with Gasteiger partial charge < -0.3 is 9.80 Å². The van der Waals surface area contributed by atoms with Gasteiger partial charge in [-0.05, 0) is 210 Å². The van der Waals surface area contributed by atoms with Crippen molar-refractivity contribution in [3.8, 4) is 22.3 Å². The Labute approximate surface area is 435 Å². The van der Waals surface area contributed by atoms with Gasteiger partial charge in [-0.25, -0.2) is 0 Å². The molecule has 0 saturated carbocycles. The number of nitrogens with zero attached hydrogens (tertiary/aromatic N) is 2. The van der Waals surface area contributed by atoms with Crippen molar-refractivity contribution in [3.63, 3.8) is 0 Å². The van der Waals surface area contributed by atoms with Gasteiger partial charge in [-0.15, -0.1) is 0 Å². The molecule has 0 spiro atoms. The molecule has 0 aromatic heterocycles. The van der Waals surface area contributed by atoms with Crippen molar-refractivity contribution in [2.75, 3.05) is 9.80 Å². The quantitative estimate of drug-likeness (QED) is 0.135. The SMILES string of the molecule is Cc1ccc(N(c2ccc(C(C)C)cc2)c2ccc3c4c(-c5ccccc5)c5c6cccc7c(N(c8ccc(C(C)C)cc8)c8ccc(C)c(C)c8)ccc(c5c(-c5ccccc5)c4c4cccc2c43)c76)cc1C. The summed E-state index contributed by atoms with van der Waals surface area (Å²) in [6, 6.07) is 78.4. The fourth-order valence-corrected chi connectivity index (χ4v) is 12.2. The lowest BCUT2D eigenvalue weighted by Crippen LogP contribution is -2.11. The van der Waals surface area contributed by atoms with Crippen molar-refractivity contribution in [3.05, 3.63) is 240 Å². The summed E-state index contributed by atoms with van der Waals surface area (Å²) < 4.78 is 0. The second kappa shape index (κ2) is 17.6. The number of fused-ring (bicyclic) bond motifs is 6. The normalized spacial score (nSPS) is 12.0. The first kappa shape index (κ1) is 45.4. The van der Waals surface area contributed by atoms with Gasteiger partial charge >= 0.3 is 0 Å². The molecule has 0 aliphatic rings. The molecule has 13 rings (SSSR count). The van der Waals surface area contributed by atoms with Gasteiger partial charge in [0.05, 0.1) is 11.4 Å². The molecule has 0 amide bonds. The molecule has 0 radical (unpaired) electrons. The molecule has 0 fully saturated rings. The Hall–Kier alpha value is -8.46. The molecule has 0 aliphatic carbocycles. The van der Waals surface area contributed by atoms with Gasteiger partial charge in [-0.2, -0.15) is 0 Å². The van der Waals surface area contributed by atoms with E-state index in [1.54, 1.807) is 0 Å². The van der Waals surface area contributed by atoms with Gasteiger partial charge in [-0.1, -0.05) is 173 Å². The third-order valence-electron chi connectivity index (χ3n) is 16.4. The Bertz CT molecular complexity index is 3930. The van der Waals surface area contributed by atoms with Gasteiger partial charge in [0.15, 0.2) is 0 Å². The van der Waals surface area contributed by atoms with Gasteiger partial charge in [0, 0.05) is 33.5 Å². The van der Waals surface area contributed by atoms with Crippen molar-refractivity contribution in [1.82, 2.24) is 0 Å². The molecule has 2 heteroatoms.